The monoisotopic (exact) mass is 288 g/mol. The smallest absolute Gasteiger partial charge is 0.274 e. The van der Waals surface area contributed by atoms with Gasteiger partial charge in [0.1, 0.15) is 5.69 Å². The van der Waals surface area contributed by atoms with E-state index in [0.717, 1.165) is 38.8 Å². The maximum Gasteiger partial charge on any atom is 0.274 e. The average Bonchev–Trinajstić information content (AvgIpc) is 3.09. The Hall–Kier alpha value is -1.98. The largest absolute Gasteiger partial charge is 0.342 e. The third kappa shape index (κ3) is 3.04. The normalized spacial score (nSPS) is 19.8. The van der Waals surface area contributed by atoms with Crippen LogP contribution in [-0.4, -0.2) is 57.8 Å². The van der Waals surface area contributed by atoms with E-state index in [1.165, 1.54) is 12.4 Å². The van der Waals surface area contributed by atoms with Crippen molar-refractivity contribution in [3.8, 4) is 0 Å². The molecule has 0 bridgehead atoms. The Balaban J connectivity index is 1.55. The lowest BCUT2D eigenvalue weighted by Gasteiger charge is -2.32. The van der Waals surface area contributed by atoms with Crippen LogP contribution in [-0.2, 0) is 4.79 Å². The SMILES string of the molecule is O=C(c1cnccn1)N1CCC(C(=O)N2CCCC2)CC1. The molecule has 1 aromatic heterocycles. The van der Waals surface area contributed by atoms with Gasteiger partial charge >= 0.3 is 0 Å². The summed E-state index contributed by atoms with van der Waals surface area (Å²) in [4.78, 5) is 36.3. The second-order valence-corrected chi connectivity index (χ2v) is 5.69. The van der Waals surface area contributed by atoms with Crippen LogP contribution in [0.5, 0.6) is 0 Å². The molecule has 3 rings (SSSR count). The average molecular weight is 288 g/mol. The molecule has 0 N–H and O–H groups in total. The van der Waals surface area contributed by atoms with E-state index in [2.05, 4.69) is 9.97 Å². The Bertz CT molecular complexity index is 506. The maximum atomic E-state index is 12.3. The van der Waals surface area contributed by atoms with Crippen molar-refractivity contribution >= 4 is 11.8 Å². The number of piperidine rings is 1. The van der Waals surface area contributed by atoms with Crippen molar-refractivity contribution in [2.45, 2.75) is 25.7 Å². The summed E-state index contributed by atoms with van der Waals surface area (Å²) in [6.07, 6.45) is 8.31. The summed E-state index contributed by atoms with van der Waals surface area (Å²) >= 11 is 0. The van der Waals surface area contributed by atoms with E-state index in [4.69, 9.17) is 0 Å². The van der Waals surface area contributed by atoms with Crippen LogP contribution in [0.25, 0.3) is 0 Å². The van der Waals surface area contributed by atoms with Crippen LogP contribution >= 0.6 is 0 Å². The van der Waals surface area contributed by atoms with Crippen LogP contribution in [0.3, 0.4) is 0 Å². The number of aromatic nitrogens is 2. The Morgan fingerprint density at radius 1 is 1.00 bits per heavy atom. The Kier molecular flexibility index (Phi) is 4.13. The van der Waals surface area contributed by atoms with Crippen molar-refractivity contribution in [1.82, 2.24) is 19.8 Å². The van der Waals surface area contributed by atoms with Gasteiger partial charge in [-0.3, -0.25) is 14.6 Å². The molecule has 0 aliphatic carbocycles. The predicted molar refractivity (Wildman–Crippen MR) is 76.5 cm³/mol. The fourth-order valence-electron chi connectivity index (χ4n) is 3.10. The minimum atomic E-state index is -0.0878. The third-order valence-electron chi connectivity index (χ3n) is 4.33. The molecule has 0 saturated carbocycles. The minimum Gasteiger partial charge on any atom is -0.342 e. The number of carbonyl (C=O) groups is 2. The second kappa shape index (κ2) is 6.20. The van der Waals surface area contributed by atoms with Gasteiger partial charge in [0.15, 0.2) is 0 Å². The van der Waals surface area contributed by atoms with Crippen LogP contribution in [0.1, 0.15) is 36.2 Å². The molecule has 0 spiro atoms. The van der Waals surface area contributed by atoms with Gasteiger partial charge < -0.3 is 9.80 Å². The molecule has 2 aliphatic heterocycles. The topological polar surface area (TPSA) is 66.4 Å². The molecular weight excluding hydrogens is 268 g/mol. The van der Waals surface area contributed by atoms with Crippen molar-refractivity contribution in [2.24, 2.45) is 5.92 Å². The van der Waals surface area contributed by atoms with E-state index in [-0.39, 0.29) is 17.7 Å². The Morgan fingerprint density at radius 3 is 2.33 bits per heavy atom. The summed E-state index contributed by atoms with van der Waals surface area (Å²) in [5.74, 6) is 0.267. The maximum absolute atomic E-state index is 12.3. The number of nitrogens with zero attached hydrogens (tertiary/aromatic N) is 4. The van der Waals surface area contributed by atoms with E-state index in [1.807, 2.05) is 4.90 Å². The van der Waals surface area contributed by atoms with E-state index in [9.17, 15) is 9.59 Å². The van der Waals surface area contributed by atoms with Gasteiger partial charge in [-0.25, -0.2) is 4.98 Å². The Morgan fingerprint density at radius 2 is 1.71 bits per heavy atom. The van der Waals surface area contributed by atoms with Gasteiger partial charge in [0.25, 0.3) is 5.91 Å². The molecule has 2 fully saturated rings. The molecule has 6 heteroatoms. The van der Waals surface area contributed by atoms with Crippen LogP contribution < -0.4 is 0 Å². The molecule has 3 heterocycles. The summed E-state index contributed by atoms with van der Waals surface area (Å²) in [5, 5.41) is 0. The lowest BCUT2D eigenvalue weighted by molar-refractivity contribution is -0.135. The molecule has 2 aliphatic rings. The standard InChI is InChI=1S/C15H20N4O2/c20-14(18-7-1-2-8-18)12-3-9-19(10-4-12)15(21)13-11-16-5-6-17-13/h5-6,11-12H,1-4,7-10H2. The zero-order valence-corrected chi connectivity index (χ0v) is 12.1. The van der Waals surface area contributed by atoms with Gasteiger partial charge in [-0.15, -0.1) is 0 Å². The fourth-order valence-corrected chi connectivity index (χ4v) is 3.10. The summed E-state index contributed by atoms with van der Waals surface area (Å²) in [7, 11) is 0. The first-order valence-corrected chi connectivity index (χ1v) is 7.60. The summed E-state index contributed by atoms with van der Waals surface area (Å²) in [5.41, 5.74) is 0.377. The molecule has 0 unspecified atom stereocenters. The van der Waals surface area contributed by atoms with Gasteiger partial charge in [-0.05, 0) is 25.7 Å². The zero-order chi connectivity index (χ0) is 14.7. The quantitative estimate of drug-likeness (QED) is 0.812. The summed E-state index contributed by atoms with van der Waals surface area (Å²) in [6.45, 7) is 3.05. The molecule has 2 saturated heterocycles. The highest BCUT2D eigenvalue weighted by atomic mass is 16.2. The molecule has 1 aromatic rings. The highest BCUT2D eigenvalue weighted by Gasteiger charge is 2.31. The first kappa shape index (κ1) is 14.0. The van der Waals surface area contributed by atoms with Crippen molar-refractivity contribution in [3.63, 3.8) is 0 Å². The highest BCUT2D eigenvalue weighted by molar-refractivity contribution is 5.92. The van der Waals surface area contributed by atoms with Gasteiger partial charge in [0.2, 0.25) is 5.91 Å². The number of likely N-dealkylation sites (tertiary alicyclic amines) is 2. The lowest BCUT2D eigenvalue weighted by Crippen LogP contribution is -2.44. The second-order valence-electron chi connectivity index (χ2n) is 5.69. The van der Waals surface area contributed by atoms with E-state index < -0.39 is 0 Å². The molecule has 0 aromatic carbocycles. The van der Waals surface area contributed by atoms with Crippen molar-refractivity contribution in [2.75, 3.05) is 26.2 Å². The number of carbonyl (C=O) groups excluding carboxylic acids is 2. The molecule has 0 radical (unpaired) electrons. The molecule has 21 heavy (non-hydrogen) atoms. The predicted octanol–water partition coefficient (Wildman–Crippen LogP) is 0.951. The lowest BCUT2D eigenvalue weighted by atomic mass is 9.95. The number of hydrogen-bond donors (Lipinski definition) is 0. The van der Waals surface area contributed by atoms with E-state index in [0.29, 0.717) is 18.8 Å². The molecule has 2 amide bonds. The van der Waals surface area contributed by atoms with Gasteiger partial charge in [-0.1, -0.05) is 0 Å². The van der Waals surface area contributed by atoms with Gasteiger partial charge in [-0.2, -0.15) is 0 Å². The zero-order valence-electron chi connectivity index (χ0n) is 12.1. The number of amides is 2. The first-order chi connectivity index (χ1) is 10.3. The molecule has 6 nitrogen and oxygen atoms in total. The number of rotatable bonds is 2. The minimum absolute atomic E-state index is 0.0778. The van der Waals surface area contributed by atoms with Crippen molar-refractivity contribution < 1.29 is 9.59 Å². The number of hydrogen-bond acceptors (Lipinski definition) is 4. The van der Waals surface area contributed by atoms with Crippen LogP contribution in [0.4, 0.5) is 0 Å². The van der Waals surface area contributed by atoms with E-state index >= 15 is 0 Å². The molecule has 112 valence electrons. The highest BCUT2D eigenvalue weighted by Crippen LogP contribution is 2.22. The molecular formula is C15H20N4O2. The summed E-state index contributed by atoms with van der Waals surface area (Å²) < 4.78 is 0. The fraction of sp³-hybridized carbons (Fsp3) is 0.600. The van der Waals surface area contributed by atoms with Crippen LogP contribution in [0, 0.1) is 5.92 Å². The van der Waals surface area contributed by atoms with Crippen LogP contribution in [0.15, 0.2) is 18.6 Å². The molecule has 0 atom stereocenters. The Labute approximate surface area is 124 Å². The van der Waals surface area contributed by atoms with Crippen molar-refractivity contribution in [3.05, 3.63) is 24.3 Å². The first-order valence-electron chi connectivity index (χ1n) is 7.60. The summed E-state index contributed by atoms with van der Waals surface area (Å²) in [6, 6.07) is 0. The van der Waals surface area contributed by atoms with Crippen LogP contribution in [0.2, 0.25) is 0 Å². The van der Waals surface area contributed by atoms with E-state index in [1.54, 1.807) is 11.1 Å². The van der Waals surface area contributed by atoms with Crippen molar-refractivity contribution in [1.29, 1.82) is 0 Å². The van der Waals surface area contributed by atoms with Gasteiger partial charge in [0, 0.05) is 44.5 Å². The van der Waals surface area contributed by atoms with Gasteiger partial charge in [0.05, 0.1) is 6.20 Å². The third-order valence-corrected chi connectivity index (χ3v) is 4.33.